The fourth-order valence-corrected chi connectivity index (χ4v) is 1.62. The smallest absolute Gasteiger partial charge is 0.253 e. The summed E-state index contributed by atoms with van der Waals surface area (Å²) in [6, 6.07) is 1.16. The number of amides is 1. The molecule has 1 amide bonds. The maximum Gasteiger partial charge on any atom is 0.253 e. The first-order valence-corrected chi connectivity index (χ1v) is 5.70. The first-order valence-electron chi connectivity index (χ1n) is 5.70. The van der Waals surface area contributed by atoms with Gasteiger partial charge in [-0.3, -0.25) is 9.78 Å². The molecule has 0 bridgehead atoms. The number of nitrogens with two attached hydrogens (primary N) is 1. The normalized spacial score (nSPS) is 11.3. The highest BCUT2D eigenvalue weighted by atomic mass is 19.1. The van der Waals surface area contributed by atoms with Crippen LogP contribution in [0.1, 0.15) is 37.0 Å². The maximum atomic E-state index is 12.9. The van der Waals surface area contributed by atoms with Crippen LogP contribution in [0.2, 0.25) is 0 Å². The van der Waals surface area contributed by atoms with E-state index in [1.807, 2.05) is 13.8 Å². The van der Waals surface area contributed by atoms with Crippen LogP contribution in [0.15, 0.2) is 18.5 Å². The Hall–Kier alpha value is -1.49. The number of carbonyl (C=O) groups excluding carboxylic acids is 1. The molecule has 1 heterocycles. The van der Waals surface area contributed by atoms with E-state index in [9.17, 15) is 9.18 Å². The number of hydrogen-bond donors (Lipinski definition) is 2. The van der Waals surface area contributed by atoms with Crippen LogP contribution in [0.4, 0.5) is 4.39 Å². The molecule has 0 aliphatic heterocycles. The fraction of sp³-hybridized carbons (Fsp3) is 0.500. The number of carbonyl (C=O) groups is 1. The van der Waals surface area contributed by atoms with Gasteiger partial charge in [0.25, 0.3) is 5.91 Å². The van der Waals surface area contributed by atoms with Crippen molar-refractivity contribution in [3.05, 3.63) is 29.8 Å². The second-order valence-corrected chi connectivity index (χ2v) is 4.04. The van der Waals surface area contributed by atoms with Gasteiger partial charge in [-0.15, -0.1) is 0 Å². The molecule has 5 heteroatoms. The molecule has 1 aromatic rings. The third-order valence-electron chi connectivity index (χ3n) is 3.09. The van der Waals surface area contributed by atoms with Crippen LogP contribution in [0.5, 0.6) is 0 Å². The molecule has 0 saturated heterocycles. The number of nitrogens with zero attached hydrogens (tertiary/aromatic N) is 1. The van der Waals surface area contributed by atoms with Crippen molar-refractivity contribution in [1.82, 2.24) is 10.3 Å². The molecule has 3 N–H and O–H groups in total. The summed E-state index contributed by atoms with van der Waals surface area (Å²) >= 11 is 0. The van der Waals surface area contributed by atoms with E-state index in [2.05, 4.69) is 10.3 Å². The van der Waals surface area contributed by atoms with E-state index >= 15 is 0 Å². The highest BCUT2D eigenvalue weighted by Gasteiger charge is 2.26. The van der Waals surface area contributed by atoms with Crippen molar-refractivity contribution < 1.29 is 9.18 Å². The standard InChI is InChI=1S/C12H18FN3O/c1-3-12(4-2,8-14)16-11(17)9-5-10(13)7-15-6-9/h5-7H,3-4,8,14H2,1-2H3,(H,16,17). The monoisotopic (exact) mass is 239 g/mol. The Balaban J connectivity index is 2.84. The lowest BCUT2D eigenvalue weighted by Crippen LogP contribution is -2.52. The Kier molecular flexibility index (Phi) is 4.57. The molecule has 0 aliphatic rings. The third kappa shape index (κ3) is 3.23. The van der Waals surface area contributed by atoms with Crippen molar-refractivity contribution >= 4 is 5.91 Å². The fourth-order valence-electron chi connectivity index (χ4n) is 1.62. The summed E-state index contributed by atoms with van der Waals surface area (Å²) in [6.07, 6.45) is 3.86. The molecular formula is C12H18FN3O. The van der Waals surface area contributed by atoms with E-state index in [-0.39, 0.29) is 11.5 Å². The van der Waals surface area contributed by atoms with Crippen molar-refractivity contribution in [3.8, 4) is 0 Å². The van der Waals surface area contributed by atoms with Gasteiger partial charge < -0.3 is 11.1 Å². The van der Waals surface area contributed by atoms with Gasteiger partial charge in [0.05, 0.1) is 17.3 Å². The molecule has 0 unspecified atom stereocenters. The summed E-state index contributed by atoms with van der Waals surface area (Å²) in [6.45, 7) is 4.27. The first-order chi connectivity index (χ1) is 8.06. The zero-order valence-electron chi connectivity index (χ0n) is 10.2. The molecule has 0 fully saturated rings. The summed E-state index contributed by atoms with van der Waals surface area (Å²) in [4.78, 5) is 15.6. The molecular weight excluding hydrogens is 221 g/mol. The average Bonchev–Trinajstić information content (AvgIpc) is 2.36. The van der Waals surface area contributed by atoms with Gasteiger partial charge in [-0.2, -0.15) is 0 Å². The summed E-state index contributed by atoms with van der Waals surface area (Å²) < 4.78 is 12.9. The second kappa shape index (κ2) is 5.72. The lowest BCUT2D eigenvalue weighted by atomic mass is 9.92. The van der Waals surface area contributed by atoms with E-state index in [1.165, 1.54) is 6.20 Å². The number of aromatic nitrogens is 1. The van der Waals surface area contributed by atoms with E-state index < -0.39 is 11.4 Å². The quantitative estimate of drug-likeness (QED) is 0.817. The van der Waals surface area contributed by atoms with Crippen molar-refractivity contribution in [2.45, 2.75) is 32.2 Å². The molecule has 0 aliphatic carbocycles. The Bertz CT molecular complexity index is 383. The van der Waals surface area contributed by atoms with E-state index in [4.69, 9.17) is 5.73 Å². The lowest BCUT2D eigenvalue weighted by molar-refractivity contribution is 0.0894. The van der Waals surface area contributed by atoms with Crippen LogP contribution >= 0.6 is 0 Å². The Morgan fingerprint density at radius 1 is 1.47 bits per heavy atom. The number of hydrogen-bond acceptors (Lipinski definition) is 3. The maximum absolute atomic E-state index is 12.9. The Morgan fingerprint density at radius 3 is 2.59 bits per heavy atom. The first kappa shape index (κ1) is 13.6. The van der Waals surface area contributed by atoms with Gasteiger partial charge in [0.1, 0.15) is 5.82 Å². The number of rotatable bonds is 5. The summed E-state index contributed by atoms with van der Waals surface area (Å²) in [7, 11) is 0. The summed E-state index contributed by atoms with van der Waals surface area (Å²) in [5.41, 5.74) is 5.47. The van der Waals surface area contributed by atoms with Crippen molar-refractivity contribution in [1.29, 1.82) is 0 Å². The number of pyridine rings is 1. The van der Waals surface area contributed by atoms with Gasteiger partial charge in [-0.25, -0.2) is 4.39 Å². The Morgan fingerprint density at radius 2 is 2.12 bits per heavy atom. The van der Waals surface area contributed by atoms with Crippen LogP contribution in [0, 0.1) is 5.82 Å². The zero-order valence-corrected chi connectivity index (χ0v) is 10.2. The molecule has 0 radical (unpaired) electrons. The van der Waals surface area contributed by atoms with E-state index in [0.29, 0.717) is 6.54 Å². The molecule has 4 nitrogen and oxygen atoms in total. The van der Waals surface area contributed by atoms with Gasteiger partial charge in [0.2, 0.25) is 0 Å². The predicted octanol–water partition coefficient (Wildman–Crippen LogP) is 1.47. The van der Waals surface area contributed by atoms with Gasteiger partial charge in [0.15, 0.2) is 0 Å². The minimum Gasteiger partial charge on any atom is -0.345 e. The van der Waals surface area contributed by atoms with Gasteiger partial charge in [0, 0.05) is 12.7 Å². The van der Waals surface area contributed by atoms with Gasteiger partial charge in [-0.05, 0) is 18.9 Å². The second-order valence-electron chi connectivity index (χ2n) is 4.04. The molecule has 0 aromatic carbocycles. The van der Waals surface area contributed by atoms with Crippen LogP contribution in [-0.2, 0) is 0 Å². The topological polar surface area (TPSA) is 68.0 Å². The lowest BCUT2D eigenvalue weighted by Gasteiger charge is -2.31. The molecule has 1 aromatic heterocycles. The highest BCUT2D eigenvalue weighted by Crippen LogP contribution is 2.14. The zero-order chi connectivity index (χ0) is 12.9. The van der Waals surface area contributed by atoms with Crippen molar-refractivity contribution in [2.24, 2.45) is 5.73 Å². The van der Waals surface area contributed by atoms with Crippen LogP contribution in [0.3, 0.4) is 0 Å². The van der Waals surface area contributed by atoms with E-state index in [0.717, 1.165) is 25.1 Å². The van der Waals surface area contributed by atoms with Crippen molar-refractivity contribution in [2.75, 3.05) is 6.54 Å². The van der Waals surface area contributed by atoms with Gasteiger partial charge in [-0.1, -0.05) is 13.8 Å². The molecule has 17 heavy (non-hydrogen) atoms. The van der Waals surface area contributed by atoms with E-state index in [1.54, 1.807) is 0 Å². The molecule has 0 saturated carbocycles. The third-order valence-corrected chi connectivity index (χ3v) is 3.09. The highest BCUT2D eigenvalue weighted by molar-refractivity contribution is 5.94. The number of halogens is 1. The van der Waals surface area contributed by atoms with Crippen LogP contribution in [0.25, 0.3) is 0 Å². The molecule has 0 spiro atoms. The summed E-state index contributed by atoms with van der Waals surface area (Å²) in [5.74, 6) is -0.866. The minimum absolute atomic E-state index is 0.213. The van der Waals surface area contributed by atoms with Crippen molar-refractivity contribution in [3.63, 3.8) is 0 Å². The average molecular weight is 239 g/mol. The summed E-state index contributed by atoms with van der Waals surface area (Å²) in [5, 5.41) is 2.85. The SMILES string of the molecule is CCC(CC)(CN)NC(=O)c1cncc(F)c1. The molecule has 94 valence electrons. The molecule has 0 atom stereocenters. The Labute approximate surface area is 100 Å². The predicted molar refractivity (Wildman–Crippen MR) is 64.0 cm³/mol. The number of nitrogens with one attached hydrogen (secondary N) is 1. The van der Waals surface area contributed by atoms with Crippen LogP contribution < -0.4 is 11.1 Å². The molecule has 1 rings (SSSR count). The largest absolute Gasteiger partial charge is 0.345 e. The van der Waals surface area contributed by atoms with Gasteiger partial charge >= 0.3 is 0 Å². The minimum atomic E-state index is -0.524. The van der Waals surface area contributed by atoms with Crippen LogP contribution in [-0.4, -0.2) is 23.0 Å².